The maximum absolute atomic E-state index is 5.24. The maximum Gasteiger partial charge on any atom is 0.0743 e. The summed E-state index contributed by atoms with van der Waals surface area (Å²) in [5.74, 6) is 0. The highest BCUT2D eigenvalue weighted by molar-refractivity contribution is 5.99. The summed E-state index contributed by atoms with van der Waals surface area (Å²) in [6, 6.07) is 8.47. The van der Waals surface area contributed by atoms with Crippen molar-refractivity contribution in [3.8, 4) is 0 Å². The van der Waals surface area contributed by atoms with E-state index in [1.807, 2.05) is 48.6 Å². The quantitative estimate of drug-likeness (QED) is 0.216. The highest BCUT2D eigenvalue weighted by Crippen LogP contribution is 2.36. The lowest BCUT2D eigenvalue weighted by Crippen LogP contribution is -1.92. The van der Waals surface area contributed by atoms with Crippen LogP contribution in [0.25, 0.3) is 68.7 Å². The number of rotatable bonds is 4. The van der Waals surface area contributed by atoms with Gasteiger partial charge in [0.1, 0.15) is 0 Å². The molecule has 0 aromatic carbocycles. The topological polar surface area (TPSA) is 57.4 Å². The molecule has 202 valence electrons. The third-order valence-electron chi connectivity index (χ3n) is 8.22. The summed E-state index contributed by atoms with van der Waals surface area (Å²) in [4.78, 5) is 17.9. The third kappa shape index (κ3) is 3.83. The first-order valence-electron chi connectivity index (χ1n) is 14.5. The van der Waals surface area contributed by atoms with Crippen LogP contribution in [0.2, 0.25) is 0 Å². The van der Waals surface area contributed by atoms with Gasteiger partial charge in [-0.2, -0.15) is 0 Å². The van der Waals surface area contributed by atoms with Crippen LogP contribution < -0.4 is 0 Å². The number of allylic oxidation sites excluding steroid dienone is 12. The Balaban J connectivity index is 1.49. The summed E-state index contributed by atoms with van der Waals surface area (Å²) < 4.78 is 0. The molecule has 5 heterocycles. The van der Waals surface area contributed by atoms with E-state index >= 15 is 0 Å². The predicted molar refractivity (Wildman–Crippen MR) is 181 cm³/mol. The predicted octanol–water partition coefficient (Wildman–Crippen LogP) is 9.09. The average molecular weight is 559 g/mol. The molecule has 0 radical (unpaired) electrons. The van der Waals surface area contributed by atoms with Crippen molar-refractivity contribution in [2.24, 2.45) is 0 Å². The molecule has 2 N–H and O–H groups in total. The van der Waals surface area contributed by atoms with Crippen LogP contribution >= 0.6 is 0 Å². The van der Waals surface area contributed by atoms with E-state index in [1.165, 1.54) is 0 Å². The van der Waals surface area contributed by atoms with Crippen molar-refractivity contribution in [2.45, 2.75) is 0 Å². The molecule has 44 heavy (non-hydrogen) atoms. The minimum atomic E-state index is 0.868. The van der Waals surface area contributed by atoms with E-state index in [4.69, 9.17) is 9.97 Å². The van der Waals surface area contributed by atoms with Crippen LogP contribution in [-0.2, 0) is 0 Å². The fraction of sp³-hybridized carbons (Fsp3) is 0. The zero-order chi connectivity index (χ0) is 29.0. The van der Waals surface area contributed by atoms with Crippen LogP contribution in [0.3, 0.4) is 0 Å². The number of hydrogen-bond acceptors (Lipinski definition) is 2. The molecule has 0 fully saturated rings. The van der Waals surface area contributed by atoms with Gasteiger partial charge in [0.2, 0.25) is 0 Å². The third-order valence-corrected chi connectivity index (χ3v) is 8.22. The Kier molecular flexibility index (Phi) is 5.29. The van der Waals surface area contributed by atoms with Crippen molar-refractivity contribution in [3.63, 3.8) is 0 Å². The van der Waals surface area contributed by atoms with Crippen LogP contribution in [0.15, 0.2) is 120 Å². The number of H-pyrrole nitrogens is 2. The van der Waals surface area contributed by atoms with Gasteiger partial charge in [-0.25, -0.2) is 9.97 Å². The lowest BCUT2D eigenvalue weighted by molar-refractivity contribution is 1.28. The molecule has 6 aliphatic rings. The van der Waals surface area contributed by atoms with Crippen LogP contribution in [0.5, 0.6) is 0 Å². The summed E-state index contributed by atoms with van der Waals surface area (Å²) in [7, 11) is 0. The van der Waals surface area contributed by atoms with Gasteiger partial charge in [-0.05, 0) is 97.2 Å². The fourth-order valence-corrected chi connectivity index (χ4v) is 6.28. The SMILES string of the molecule is C1=CC=CC=1c1c2nc(c(C3=C=CC=C3)c3ccc([nH]3)c(C3=C=CC=C3)c3nc(c(C4=C=CC=C4)c4ccc1[nH]4)C=C3)C=C2. The molecule has 0 unspecified atom stereocenters. The molecule has 8 bridgehead atoms. The molecule has 4 aliphatic carbocycles. The second-order valence-corrected chi connectivity index (χ2v) is 10.8. The summed E-state index contributed by atoms with van der Waals surface area (Å²) in [6.45, 7) is 0. The van der Waals surface area contributed by atoms with Crippen LogP contribution in [0.4, 0.5) is 0 Å². The molecule has 4 heteroatoms. The maximum atomic E-state index is 5.24. The smallest absolute Gasteiger partial charge is 0.0743 e. The van der Waals surface area contributed by atoms with Crippen molar-refractivity contribution < 1.29 is 0 Å². The summed E-state index contributed by atoms with van der Waals surface area (Å²) in [5.41, 5.74) is 28.8. The standard InChI is InChI=1S/C40H22N4/c1-2-10-25(9-1)37-29-17-19-31(41-29)38(26-11-3-4-12-26)33-21-23-35(43-33)40(28-15-7-8-16-28)36-24-22-34(44-36)39(27-13-5-6-14-27)32-20-18-30(37)42-32/h1-9,11,13,15,17-24,41,44H. The number of nitrogens with zero attached hydrogens (tertiary/aromatic N) is 2. The number of fused-ring (bicyclic) bond motifs is 8. The molecule has 0 amide bonds. The normalized spacial score (nSPS) is 16.2. The Labute approximate surface area is 253 Å². The monoisotopic (exact) mass is 558 g/mol. The Morgan fingerprint density at radius 1 is 0.364 bits per heavy atom. The summed E-state index contributed by atoms with van der Waals surface area (Å²) >= 11 is 0. The molecule has 0 spiro atoms. The lowest BCUT2D eigenvalue weighted by Gasteiger charge is -2.05. The van der Waals surface area contributed by atoms with E-state index in [1.54, 1.807) is 0 Å². The molecule has 4 nitrogen and oxygen atoms in total. The van der Waals surface area contributed by atoms with Crippen molar-refractivity contribution in [2.75, 3.05) is 0 Å². The molecular formula is C40H22N4. The Morgan fingerprint density at radius 3 is 0.864 bits per heavy atom. The zero-order valence-corrected chi connectivity index (χ0v) is 23.4. The van der Waals surface area contributed by atoms with Crippen molar-refractivity contribution in [1.82, 2.24) is 19.9 Å². The number of aromatic nitrogens is 4. The van der Waals surface area contributed by atoms with E-state index in [-0.39, 0.29) is 0 Å². The van der Waals surface area contributed by atoms with Gasteiger partial charge >= 0.3 is 0 Å². The minimum Gasteiger partial charge on any atom is -0.354 e. The Hall–Kier alpha value is -6.36. The molecule has 3 aromatic rings. The van der Waals surface area contributed by atoms with Crippen LogP contribution in [0, 0.1) is 0 Å². The molecule has 0 atom stereocenters. The summed E-state index contributed by atoms with van der Waals surface area (Å²) in [6.07, 6.45) is 32.5. The second kappa shape index (κ2) is 9.60. The number of aromatic amines is 2. The lowest BCUT2D eigenvalue weighted by atomic mass is 10.1. The first-order valence-corrected chi connectivity index (χ1v) is 14.5. The molecular weight excluding hydrogens is 536 g/mol. The molecule has 0 saturated heterocycles. The summed E-state index contributed by atoms with van der Waals surface area (Å²) in [5, 5.41) is 0. The molecule has 0 saturated carbocycles. The number of nitrogens with one attached hydrogen (secondary N) is 2. The van der Waals surface area contributed by atoms with Crippen LogP contribution in [0.1, 0.15) is 45.0 Å². The fourth-order valence-electron chi connectivity index (χ4n) is 6.28. The average Bonchev–Trinajstić information content (AvgIpc) is 3.90. The zero-order valence-electron chi connectivity index (χ0n) is 23.4. The molecule has 2 aliphatic heterocycles. The van der Waals surface area contributed by atoms with E-state index in [9.17, 15) is 0 Å². The second-order valence-electron chi connectivity index (χ2n) is 10.8. The highest BCUT2D eigenvalue weighted by Gasteiger charge is 2.20. The first-order chi connectivity index (χ1) is 21.8. The van der Waals surface area contributed by atoms with Gasteiger partial charge in [0, 0.05) is 66.6 Å². The van der Waals surface area contributed by atoms with Gasteiger partial charge in [0.05, 0.1) is 22.8 Å². The van der Waals surface area contributed by atoms with Gasteiger partial charge in [-0.1, -0.05) is 24.3 Å². The van der Waals surface area contributed by atoms with E-state index in [2.05, 4.69) is 106 Å². The van der Waals surface area contributed by atoms with E-state index in [0.717, 1.165) is 89.4 Å². The van der Waals surface area contributed by atoms with Gasteiger partial charge < -0.3 is 9.97 Å². The van der Waals surface area contributed by atoms with Crippen molar-refractivity contribution >= 4 is 68.7 Å². The van der Waals surface area contributed by atoms with Gasteiger partial charge in [0.25, 0.3) is 0 Å². The van der Waals surface area contributed by atoms with Crippen molar-refractivity contribution in [3.05, 3.63) is 165 Å². The molecule has 9 rings (SSSR count). The molecule has 3 aromatic heterocycles. The highest BCUT2D eigenvalue weighted by atomic mass is 14.8. The van der Waals surface area contributed by atoms with Gasteiger partial charge in [0.15, 0.2) is 0 Å². The number of hydrogen-bond donors (Lipinski definition) is 2. The van der Waals surface area contributed by atoms with Gasteiger partial charge in [-0.15, -0.1) is 22.9 Å². The van der Waals surface area contributed by atoms with E-state index in [0.29, 0.717) is 0 Å². The Bertz CT molecular complexity index is 2170. The van der Waals surface area contributed by atoms with Crippen molar-refractivity contribution in [1.29, 1.82) is 0 Å². The minimum absolute atomic E-state index is 0.868. The Morgan fingerprint density at radius 2 is 0.636 bits per heavy atom. The van der Waals surface area contributed by atoms with Crippen LogP contribution in [-0.4, -0.2) is 19.9 Å². The first kappa shape index (κ1) is 24.3. The van der Waals surface area contributed by atoms with Gasteiger partial charge in [-0.3, -0.25) is 0 Å². The largest absolute Gasteiger partial charge is 0.354 e. The van der Waals surface area contributed by atoms with E-state index < -0.39 is 0 Å².